The lowest BCUT2D eigenvalue weighted by Crippen LogP contribution is -2.37. The van der Waals surface area contributed by atoms with E-state index < -0.39 is 32.6 Å². The highest BCUT2D eigenvalue weighted by atomic mass is 32.2. The van der Waals surface area contributed by atoms with Crippen LogP contribution in [0, 0.1) is 5.21 Å². The summed E-state index contributed by atoms with van der Waals surface area (Å²) in [7, 11) is -4.25. The first-order valence-corrected chi connectivity index (χ1v) is 10.8. The molecule has 1 N–H and O–H groups in total. The first-order chi connectivity index (χ1) is 15.3. The summed E-state index contributed by atoms with van der Waals surface area (Å²) < 4.78 is 35.4. The molecule has 1 unspecified atom stereocenters. The molecule has 2 aromatic heterocycles. The van der Waals surface area contributed by atoms with Crippen molar-refractivity contribution >= 4 is 21.4 Å². The molecular weight excluding hydrogens is 440 g/mol. The van der Waals surface area contributed by atoms with E-state index in [4.69, 9.17) is 4.74 Å². The molecule has 1 atom stereocenters. The highest BCUT2D eigenvalue weighted by Gasteiger charge is 2.36. The van der Waals surface area contributed by atoms with Crippen LogP contribution < -0.4 is 15.0 Å². The average Bonchev–Trinajstić information content (AvgIpc) is 3.17. The van der Waals surface area contributed by atoms with Gasteiger partial charge in [0.2, 0.25) is 5.78 Å². The number of nitrogens with zero attached hydrogens (tertiary/aromatic N) is 3. The summed E-state index contributed by atoms with van der Waals surface area (Å²) in [5.41, 5.74) is 0.273. The van der Waals surface area contributed by atoms with Gasteiger partial charge in [0.05, 0.1) is 27.4 Å². The number of carbonyl (C=O) groups is 2. The minimum Gasteiger partial charge on any atom is -0.452 e. The van der Waals surface area contributed by atoms with Gasteiger partial charge >= 0.3 is 10.9 Å². The molecule has 1 aliphatic rings. The molecule has 0 aliphatic heterocycles. The van der Waals surface area contributed by atoms with Crippen LogP contribution in [0.4, 0.5) is 0 Å². The third-order valence-corrected chi connectivity index (χ3v) is 6.26. The van der Waals surface area contributed by atoms with Gasteiger partial charge in [-0.15, -0.1) is 0 Å². The van der Waals surface area contributed by atoms with Gasteiger partial charge in [-0.1, -0.05) is 18.2 Å². The summed E-state index contributed by atoms with van der Waals surface area (Å²) in [5, 5.41) is 17.4. The zero-order valence-corrected chi connectivity index (χ0v) is 17.4. The molecule has 2 heterocycles. The van der Waals surface area contributed by atoms with E-state index >= 15 is 0 Å². The van der Waals surface area contributed by atoms with E-state index in [0.717, 1.165) is 6.08 Å². The van der Waals surface area contributed by atoms with Crippen molar-refractivity contribution in [1.29, 1.82) is 0 Å². The molecule has 4 rings (SSSR count). The van der Waals surface area contributed by atoms with E-state index in [-0.39, 0.29) is 39.1 Å². The van der Waals surface area contributed by atoms with Crippen LogP contribution in [0.5, 0.6) is 5.88 Å². The number of benzene rings is 1. The number of hydrogen-bond acceptors (Lipinski definition) is 10. The number of nitrogens with one attached hydrogen (secondary N) is 1. The van der Waals surface area contributed by atoms with Crippen LogP contribution in [0.2, 0.25) is 0 Å². The molecule has 0 saturated heterocycles. The van der Waals surface area contributed by atoms with E-state index in [0.29, 0.717) is 0 Å². The van der Waals surface area contributed by atoms with Crippen molar-refractivity contribution in [2.75, 3.05) is 6.61 Å². The Morgan fingerprint density at radius 2 is 1.94 bits per heavy atom. The van der Waals surface area contributed by atoms with E-state index in [2.05, 4.69) is 20.1 Å². The Labute approximate surface area is 181 Å². The second-order valence-electron chi connectivity index (χ2n) is 6.86. The minimum absolute atomic E-state index is 0.0217. The summed E-state index contributed by atoms with van der Waals surface area (Å²) in [6.07, 6.45) is 2.58. The van der Waals surface area contributed by atoms with E-state index in [9.17, 15) is 23.2 Å². The van der Waals surface area contributed by atoms with Crippen LogP contribution in [0.25, 0.3) is 0 Å². The topological polar surface area (TPSA) is 155 Å². The van der Waals surface area contributed by atoms with Crippen molar-refractivity contribution in [2.24, 2.45) is 0 Å². The third-order valence-electron chi connectivity index (χ3n) is 4.53. The highest BCUT2D eigenvalue weighted by Crippen LogP contribution is 2.25. The van der Waals surface area contributed by atoms with Gasteiger partial charge in [0.15, 0.2) is 5.78 Å². The summed E-state index contributed by atoms with van der Waals surface area (Å²) in [6, 6.07) is 9.78. The van der Waals surface area contributed by atoms with Crippen LogP contribution in [0.15, 0.2) is 75.0 Å². The smallest absolute Gasteiger partial charge is 0.415 e. The van der Waals surface area contributed by atoms with Crippen LogP contribution in [0.1, 0.15) is 27.8 Å². The monoisotopic (exact) mass is 456 g/mol. The Morgan fingerprint density at radius 1 is 1.19 bits per heavy atom. The number of hydrogen-bond donors (Lipinski definition) is 1. The number of allylic oxidation sites excluding steroid dienone is 2. The number of ether oxygens (including phenoxy) is 1. The van der Waals surface area contributed by atoms with Crippen LogP contribution >= 0.6 is 0 Å². The first-order valence-electron chi connectivity index (χ1n) is 9.34. The fourth-order valence-corrected chi connectivity index (χ4v) is 4.34. The molecule has 0 amide bonds. The Morgan fingerprint density at radius 3 is 2.69 bits per heavy atom. The van der Waals surface area contributed by atoms with E-state index in [1.54, 1.807) is 19.1 Å². The summed E-state index contributed by atoms with van der Waals surface area (Å²) in [6.45, 7) is 1.43. The second-order valence-corrected chi connectivity index (χ2v) is 8.73. The van der Waals surface area contributed by atoms with Crippen LogP contribution in [-0.2, 0) is 9.84 Å². The maximum Gasteiger partial charge on any atom is 0.415 e. The zero-order chi connectivity index (χ0) is 22.9. The lowest BCUT2D eigenvalue weighted by Gasteiger charge is -2.19. The minimum atomic E-state index is -4.25. The van der Waals surface area contributed by atoms with Crippen molar-refractivity contribution in [2.45, 2.75) is 22.9 Å². The fraction of sp³-hybridized carbons (Fsp3) is 0.150. The Hall–Kier alpha value is -4.06. The molecular formula is C20H16N4O7S. The molecule has 11 nitrogen and oxygen atoms in total. The zero-order valence-electron chi connectivity index (χ0n) is 16.6. The van der Waals surface area contributed by atoms with E-state index in [1.807, 2.05) is 0 Å². The summed E-state index contributed by atoms with van der Waals surface area (Å²) >= 11 is 0. The number of fused-ring (bicyclic) bond motifs is 1. The maximum atomic E-state index is 12.8. The number of carbonyl (C=O) groups excluding carboxylic acids is 2. The third kappa shape index (κ3) is 3.83. The van der Waals surface area contributed by atoms with E-state index in [1.165, 1.54) is 36.5 Å². The maximum absolute atomic E-state index is 12.8. The molecule has 0 saturated carbocycles. The van der Waals surface area contributed by atoms with Crippen molar-refractivity contribution in [1.82, 2.24) is 15.5 Å². The average molecular weight is 456 g/mol. The second kappa shape index (κ2) is 8.23. The molecule has 32 heavy (non-hydrogen) atoms. The number of sulfone groups is 1. The number of aromatic nitrogens is 3. The lowest BCUT2D eigenvalue weighted by atomic mass is 9.97. The van der Waals surface area contributed by atoms with Crippen LogP contribution in [-0.4, -0.2) is 42.8 Å². The van der Waals surface area contributed by atoms with Crippen molar-refractivity contribution < 1.29 is 32.3 Å². The molecule has 0 bridgehead atoms. The summed E-state index contributed by atoms with van der Waals surface area (Å²) in [5.74, 6) is -1.36. The number of Topliss-reactive ketones (excluding diaryl/α,β-unsaturated/α-hetero) is 1. The molecule has 0 spiro atoms. The predicted molar refractivity (Wildman–Crippen MR) is 106 cm³/mol. The largest absolute Gasteiger partial charge is 0.452 e. The molecule has 0 fully saturated rings. The van der Waals surface area contributed by atoms with Crippen molar-refractivity contribution in [3.05, 3.63) is 76.9 Å². The number of pyridine rings is 1. The van der Waals surface area contributed by atoms with Gasteiger partial charge in [0.1, 0.15) is 12.3 Å². The Bertz CT molecular complexity index is 1330. The van der Waals surface area contributed by atoms with Gasteiger partial charge in [-0.2, -0.15) is 0 Å². The van der Waals surface area contributed by atoms with Gasteiger partial charge in [0.25, 0.3) is 9.84 Å². The fourth-order valence-electron chi connectivity index (χ4n) is 3.05. The highest BCUT2D eigenvalue weighted by molar-refractivity contribution is 7.91. The van der Waals surface area contributed by atoms with Crippen molar-refractivity contribution in [3.63, 3.8) is 0 Å². The van der Waals surface area contributed by atoms with Gasteiger partial charge in [-0.3, -0.25) is 19.2 Å². The Balaban J connectivity index is 1.49. The molecule has 0 radical (unpaired) electrons. The number of rotatable bonds is 7. The van der Waals surface area contributed by atoms with Gasteiger partial charge < -0.3 is 15.3 Å². The normalized spacial score (nSPS) is 14.5. The predicted octanol–water partition coefficient (Wildman–Crippen LogP) is 0.856. The quantitative estimate of drug-likeness (QED) is 0.506. The molecule has 164 valence electrons. The Kier molecular flexibility index (Phi) is 5.45. The lowest BCUT2D eigenvalue weighted by molar-refractivity contribution is -0.832. The van der Waals surface area contributed by atoms with Crippen molar-refractivity contribution in [3.8, 4) is 5.88 Å². The van der Waals surface area contributed by atoms with Crippen LogP contribution in [0.3, 0.4) is 0 Å². The summed E-state index contributed by atoms with van der Waals surface area (Å²) in [4.78, 5) is 28.4. The first kappa shape index (κ1) is 21.2. The molecule has 1 aliphatic carbocycles. The number of ketones is 2. The standard InChI is InChI=1S/C20H16N4O7S/c1-12(22-15-10-16(25)14-8-5-9-21-17(14)18(15)26)11-30-19-20(24(27)31-23-19)32(28,29)13-6-3-2-4-7-13/h2-10,12,22H,11H2,1H3. The SMILES string of the molecule is CC(COc1no[n+]([O-])c1S(=O)(=O)c1ccccc1)NC1=CC(=O)c2cccnc2C1=O. The van der Waals surface area contributed by atoms with Gasteiger partial charge in [0, 0.05) is 12.3 Å². The molecule has 3 aromatic rings. The van der Waals surface area contributed by atoms with Gasteiger partial charge in [-0.25, -0.2) is 8.42 Å². The van der Waals surface area contributed by atoms with Gasteiger partial charge in [-0.05, 0) is 36.1 Å². The molecule has 1 aromatic carbocycles. The molecule has 12 heteroatoms.